The molecular formula is C12H21ClN2O2S. The molecule has 0 N–H and O–H groups in total. The average molecular weight is 293 g/mol. The lowest BCUT2D eigenvalue weighted by Gasteiger charge is -2.20. The molecule has 0 bridgehead atoms. The first kappa shape index (κ1) is 15.9. The summed E-state index contributed by atoms with van der Waals surface area (Å²) in [6, 6.07) is 0. The van der Waals surface area contributed by atoms with Gasteiger partial charge in [-0.05, 0) is 6.42 Å². The summed E-state index contributed by atoms with van der Waals surface area (Å²) in [5.41, 5.74) is 0.959. The normalized spacial score (nSPS) is 11.3. The lowest BCUT2D eigenvalue weighted by atomic mass is 10.4. The van der Waals surface area contributed by atoms with Crippen LogP contribution in [0.2, 0.25) is 0 Å². The molecule has 0 saturated heterocycles. The van der Waals surface area contributed by atoms with Gasteiger partial charge < -0.3 is 9.47 Å². The molecule has 0 fully saturated rings. The molecule has 0 aliphatic rings. The second-order valence-electron chi connectivity index (χ2n) is 3.98. The van der Waals surface area contributed by atoms with Gasteiger partial charge in [0.2, 0.25) is 0 Å². The fourth-order valence-corrected chi connectivity index (χ4v) is 2.66. The smallest absolute Gasteiger partial charge is 0.107 e. The van der Waals surface area contributed by atoms with E-state index in [1.54, 1.807) is 25.6 Å². The maximum absolute atomic E-state index is 5.76. The summed E-state index contributed by atoms with van der Waals surface area (Å²) in [6.45, 7) is 4.28. The zero-order chi connectivity index (χ0) is 13.2. The summed E-state index contributed by atoms with van der Waals surface area (Å²) in [5.74, 6) is 0.484. The number of thiazole rings is 1. The van der Waals surface area contributed by atoms with Crippen LogP contribution < -0.4 is 0 Å². The molecule has 104 valence electrons. The van der Waals surface area contributed by atoms with Crippen molar-refractivity contribution in [2.75, 3.05) is 40.5 Å². The van der Waals surface area contributed by atoms with E-state index in [0.29, 0.717) is 5.88 Å². The van der Waals surface area contributed by atoms with E-state index in [9.17, 15) is 0 Å². The van der Waals surface area contributed by atoms with Crippen LogP contribution >= 0.6 is 22.9 Å². The third-order valence-electron chi connectivity index (χ3n) is 2.53. The largest absolute Gasteiger partial charge is 0.385 e. The van der Waals surface area contributed by atoms with Crippen LogP contribution in [0.15, 0.2) is 5.38 Å². The second kappa shape index (κ2) is 9.69. The van der Waals surface area contributed by atoms with Crippen molar-refractivity contribution >= 4 is 22.9 Å². The Morgan fingerprint density at radius 3 is 2.67 bits per heavy atom. The highest BCUT2D eigenvalue weighted by Crippen LogP contribution is 2.14. The standard InChI is InChI=1S/C12H21ClN2O2S/c1-16-6-3-4-15(5-7-17-2)9-12-14-11(8-13)10-18-12/h10H,3-9H2,1-2H3. The van der Waals surface area contributed by atoms with Crippen LogP contribution in [0.5, 0.6) is 0 Å². The van der Waals surface area contributed by atoms with Crippen LogP contribution in [0.4, 0.5) is 0 Å². The van der Waals surface area contributed by atoms with Crippen molar-refractivity contribution in [1.82, 2.24) is 9.88 Å². The Kier molecular flexibility index (Phi) is 8.54. The molecular weight excluding hydrogens is 272 g/mol. The molecule has 1 heterocycles. The Bertz CT molecular complexity index is 323. The van der Waals surface area contributed by atoms with Gasteiger partial charge in [0.1, 0.15) is 5.01 Å². The maximum atomic E-state index is 5.76. The van der Waals surface area contributed by atoms with Gasteiger partial charge in [-0.25, -0.2) is 4.98 Å². The molecule has 6 heteroatoms. The summed E-state index contributed by atoms with van der Waals surface area (Å²) < 4.78 is 10.2. The fraction of sp³-hybridized carbons (Fsp3) is 0.750. The SMILES string of the molecule is COCCCN(CCOC)Cc1nc(CCl)cs1. The quantitative estimate of drug-likeness (QED) is 0.490. The van der Waals surface area contributed by atoms with Crippen molar-refractivity contribution in [3.8, 4) is 0 Å². The zero-order valence-corrected chi connectivity index (χ0v) is 12.6. The number of rotatable bonds is 10. The van der Waals surface area contributed by atoms with Gasteiger partial charge in [0, 0.05) is 39.3 Å². The first-order chi connectivity index (χ1) is 8.80. The molecule has 0 saturated carbocycles. The highest BCUT2D eigenvalue weighted by Gasteiger charge is 2.09. The van der Waals surface area contributed by atoms with Gasteiger partial charge in [-0.3, -0.25) is 4.90 Å². The third-order valence-corrected chi connectivity index (χ3v) is 3.69. The van der Waals surface area contributed by atoms with Crippen molar-refractivity contribution in [2.45, 2.75) is 18.8 Å². The first-order valence-corrected chi connectivity index (χ1v) is 7.41. The lowest BCUT2D eigenvalue weighted by Crippen LogP contribution is -2.28. The first-order valence-electron chi connectivity index (χ1n) is 5.99. The van der Waals surface area contributed by atoms with E-state index in [2.05, 4.69) is 9.88 Å². The number of alkyl halides is 1. The summed E-state index contributed by atoms with van der Waals surface area (Å²) in [7, 11) is 3.45. The van der Waals surface area contributed by atoms with Crippen LogP contribution in [0.1, 0.15) is 17.1 Å². The van der Waals surface area contributed by atoms with Crippen LogP contribution in [0, 0.1) is 0 Å². The van der Waals surface area contributed by atoms with Gasteiger partial charge in [0.25, 0.3) is 0 Å². The number of hydrogen-bond donors (Lipinski definition) is 0. The Morgan fingerprint density at radius 1 is 1.28 bits per heavy atom. The van der Waals surface area contributed by atoms with Crippen molar-refractivity contribution < 1.29 is 9.47 Å². The van der Waals surface area contributed by atoms with Crippen molar-refractivity contribution in [1.29, 1.82) is 0 Å². The Balaban J connectivity index is 2.42. The number of methoxy groups -OCH3 is 2. The van der Waals surface area contributed by atoms with E-state index in [1.807, 2.05) is 5.38 Å². The molecule has 0 spiro atoms. The number of ether oxygens (including phenoxy) is 2. The van der Waals surface area contributed by atoms with Crippen LogP contribution in [-0.4, -0.2) is 50.4 Å². The highest BCUT2D eigenvalue weighted by atomic mass is 35.5. The van der Waals surface area contributed by atoms with E-state index in [4.69, 9.17) is 21.1 Å². The summed E-state index contributed by atoms with van der Waals surface area (Å²) in [6.07, 6.45) is 1.02. The zero-order valence-electron chi connectivity index (χ0n) is 11.0. The van der Waals surface area contributed by atoms with Gasteiger partial charge >= 0.3 is 0 Å². The monoisotopic (exact) mass is 292 g/mol. The predicted octanol–water partition coefficient (Wildman–Crippen LogP) is 2.37. The fourth-order valence-electron chi connectivity index (χ4n) is 1.60. The molecule has 0 radical (unpaired) electrons. The highest BCUT2D eigenvalue weighted by molar-refractivity contribution is 7.09. The number of hydrogen-bond acceptors (Lipinski definition) is 5. The van der Waals surface area contributed by atoms with E-state index >= 15 is 0 Å². The number of halogens is 1. The molecule has 0 amide bonds. The molecule has 1 rings (SSSR count). The Labute approximate surface area is 118 Å². The Hall–Kier alpha value is -0.200. The van der Waals surface area contributed by atoms with Crippen LogP contribution in [-0.2, 0) is 21.9 Å². The Morgan fingerprint density at radius 2 is 2.06 bits per heavy atom. The maximum Gasteiger partial charge on any atom is 0.107 e. The molecule has 18 heavy (non-hydrogen) atoms. The minimum atomic E-state index is 0.484. The molecule has 0 aromatic carbocycles. The van der Waals surface area contributed by atoms with E-state index in [1.165, 1.54) is 0 Å². The summed E-state index contributed by atoms with van der Waals surface area (Å²) >= 11 is 7.42. The summed E-state index contributed by atoms with van der Waals surface area (Å²) in [4.78, 5) is 6.81. The molecule has 0 atom stereocenters. The molecule has 0 aliphatic carbocycles. The van der Waals surface area contributed by atoms with Crippen LogP contribution in [0.3, 0.4) is 0 Å². The van der Waals surface area contributed by atoms with E-state index in [-0.39, 0.29) is 0 Å². The number of aromatic nitrogens is 1. The second-order valence-corrected chi connectivity index (χ2v) is 5.19. The third kappa shape index (κ3) is 6.11. The average Bonchev–Trinajstić information content (AvgIpc) is 2.83. The minimum Gasteiger partial charge on any atom is -0.385 e. The van der Waals surface area contributed by atoms with Crippen LogP contribution in [0.25, 0.3) is 0 Å². The van der Waals surface area contributed by atoms with Gasteiger partial charge in [-0.1, -0.05) is 0 Å². The topological polar surface area (TPSA) is 34.6 Å². The van der Waals surface area contributed by atoms with Gasteiger partial charge in [-0.15, -0.1) is 22.9 Å². The molecule has 1 aromatic rings. The molecule has 0 aliphatic heterocycles. The van der Waals surface area contributed by atoms with Gasteiger partial charge in [0.05, 0.1) is 24.7 Å². The molecule has 4 nitrogen and oxygen atoms in total. The van der Waals surface area contributed by atoms with Gasteiger partial charge in [-0.2, -0.15) is 0 Å². The molecule has 1 aromatic heterocycles. The van der Waals surface area contributed by atoms with Gasteiger partial charge in [0.15, 0.2) is 0 Å². The minimum absolute atomic E-state index is 0.484. The van der Waals surface area contributed by atoms with Crippen molar-refractivity contribution in [2.24, 2.45) is 0 Å². The van der Waals surface area contributed by atoms with Crippen molar-refractivity contribution in [3.63, 3.8) is 0 Å². The molecule has 0 unspecified atom stereocenters. The van der Waals surface area contributed by atoms with E-state index in [0.717, 1.165) is 50.0 Å². The predicted molar refractivity (Wildman–Crippen MR) is 75.3 cm³/mol. The van der Waals surface area contributed by atoms with Crippen molar-refractivity contribution in [3.05, 3.63) is 16.1 Å². The lowest BCUT2D eigenvalue weighted by molar-refractivity contribution is 0.129. The summed E-state index contributed by atoms with van der Waals surface area (Å²) in [5, 5.41) is 3.13. The van der Waals surface area contributed by atoms with E-state index < -0.39 is 0 Å². The number of nitrogens with zero attached hydrogens (tertiary/aromatic N) is 2.